The Morgan fingerprint density at radius 3 is 2.56 bits per heavy atom. The topological polar surface area (TPSA) is 90.3 Å². The zero-order chi connectivity index (χ0) is 24.5. The Bertz CT molecular complexity index is 1370. The smallest absolute Gasteiger partial charge is 0.457 e. The minimum absolute atomic E-state index is 0.203. The quantitative estimate of drug-likeness (QED) is 0.374. The van der Waals surface area contributed by atoms with E-state index < -0.39 is 12.1 Å². The third kappa shape index (κ3) is 5.15. The number of imidazole rings is 1. The van der Waals surface area contributed by atoms with Gasteiger partial charge in [0.1, 0.15) is 22.9 Å². The van der Waals surface area contributed by atoms with Crippen molar-refractivity contribution in [1.29, 1.82) is 0 Å². The van der Waals surface area contributed by atoms with Gasteiger partial charge in [0.25, 0.3) is 5.91 Å². The summed E-state index contributed by atoms with van der Waals surface area (Å²) in [7, 11) is 3.29. The Hall–Kier alpha value is -3.99. The van der Waals surface area contributed by atoms with Crippen molar-refractivity contribution in [2.75, 3.05) is 12.4 Å². The molecule has 0 saturated heterocycles. The van der Waals surface area contributed by atoms with Crippen LogP contribution >= 0.6 is 11.6 Å². The minimum Gasteiger partial charge on any atom is -0.457 e. The van der Waals surface area contributed by atoms with Crippen molar-refractivity contribution in [3.63, 3.8) is 0 Å². The first-order valence-corrected chi connectivity index (χ1v) is 10.2. The van der Waals surface area contributed by atoms with E-state index in [2.05, 4.69) is 25.3 Å². The molecule has 1 amide bonds. The summed E-state index contributed by atoms with van der Waals surface area (Å²) < 4.78 is 48.8. The predicted molar refractivity (Wildman–Crippen MR) is 120 cm³/mol. The standard InChI is InChI=1S/C22H17ClF3N5O3/c1-27-20(32)17-11-14(7-8-28-17)33-13-4-5-18-16(10-13)30-21(31(18)2)29-12-3-6-19(15(23)9-12)34-22(24,25)26/h3-11H,1-2H3,(H,27,32)(H,29,30). The van der Waals surface area contributed by atoms with Crippen molar-refractivity contribution in [2.24, 2.45) is 7.05 Å². The Balaban J connectivity index is 1.55. The summed E-state index contributed by atoms with van der Waals surface area (Å²) >= 11 is 5.92. The normalized spacial score (nSPS) is 11.4. The second kappa shape index (κ2) is 9.10. The molecule has 4 aromatic rings. The van der Waals surface area contributed by atoms with Gasteiger partial charge in [-0.25, -0.2) is 4.98 Å². The Morgan fingerprint density at radius 1 is 1.09 bits per heavy atom. The van der Waals surface area contributed by atoms with Crippen LogP contribution in [0.5, 0.6) is 17.2 Å². The average molecular weight is 492 g/mol. The van der Waals surface area contributed by atoms with Crippen LogP contribution in [0.2, 0.25) is 5.02 Å². The van der Waals surface area contributed by atoms with Gasteiger partial charge in [-0.15, -0.1) is 13.2 Å². The fraction of sp³-hybridized carbons (Fsp3) is 0.136. The number of pyridine rings is 1. The lowest BCUT2D eigenvalue weighted by atomic mass is 10.3. The molecule has 0 fully saturated rings. The average Bonchev–Trinajstić information content (AvgIpc) is 3.09. The largest absolute Gasteiger partial charge is 0.573 e. The highest BCUT2D eigenvalue weighted by Crippen LogP contribution is 2.34. The highest BCUT2D eigenvalue weighted by molar-refractivity contribution is 6.32. The van der Waals surface area contributed by atoms with Gasteiger partial charge in [0.15, 0.2) is 0 Å². The number of aromatic nitrogens is 3. The molecule has 0 radical (unpaired) electrons. The monoisotopic (exact) mass is 491 g/mol. The molecule has 0 saturated carbocycles. The van der Waals surface area contributed by atoms with Gasteiger partial charge in [-0.3, -0.25) is 9.78 Å². The fourth-order valence-corrected chi connectivity index (χ4v) is 3.35. The molecular weight excluding hydrogens is 475 g/mol. The number of ether oxygens (including phenoxy) is 2. The maximum atomic E-state index is 12.4. The van der Waals surface area contributed by atoms with Crippen LogP contribution in [0, 0.1) is 0 Å². The summed E-state index contributed by atoms with van der Waals surface area (Å²) in [4.78, 5) is 20.3. The number of hydrogen-bond donors (Lipinski definition) is 2. The van der Waals surface area contributed by atoms with Crippen LogP contribution in [0.3, 0.4) is 0 Å². The highest BCUT2D eigenvalue weighted by atomic mass is 35.5. The van der Waals surface area contributed by atoms with Crippen molar-refractivity contribution in [3.8, 4) is 17.2 Å². The summed E-state index contributed by atoms with van der Waals surface area (Å²) in [6, 6.07) is 12.2. The van der Waals surface area contributed by atoms with Crippen LogP contribution < -0.4 is 20.1 Å². The van der Waals surface area contributed by atoms with E-state index in [1.54, 1.807) is 35.9 Å². The number of nitrogens with one attached hydrogen (secondary N) is 2. The van der Waals surface area contributed by atoms with Crippen LogP contribution in [0.15, 0.2) is 54.7 Å². The molecule has 2 heterocycles. The van der Waals surface area contributed by atoms with Crippen LogP contribution in [0.4, 0.5) is 24.8 Å². The third-order valence-electron chi connectivity index (χ3n) is 4.69. The first-order chi connectivity index (χ1) is 16.1. The zero-order valence-electron chi connectivity index (χ0n) is 17.8. The molecule has 0 bridgehead atoms. The maximum absolute atomic E-state index is 12.4. The molecule has 4 rings (SSSR count). The molecule has 0 unspecified atom stereocenters. The van der Waals surface area contributed by atoms with E-state index in [9.17, 15) is 18.0 Å². The second-order valence-corrected chi connectivity index (χ2v) is 7.43. The number of hydrogen-bond acceptors (Lipinski definition) is 6. The van der Waals surface area contributed by atoms with E-state index in [4.69, 9.17) is 16.3 Å². The lowest BCUT2D eigenvalue weighted by Gasteiger charge is -2.12. The van der Waals surface area contributed by atoms with Crippen molar-refractivity contribution in [3.05, 3.63) is 65.4 Å². The van der Waals surface area contributed by atoms with Crippen LogP contribution in [-0.4, -0.2) is 33.9 Å². The lowest BCUT2D eigenvalue weighted by Crippen LogP contribution is -2.18. The van der Waals surface area contributed by atoms with Crippen LogP contribution in [0.25, 0.3) is 11.0 Å². The molecule has 176 valence electrons. The van der Waals surface area contributed by atoms with Gasteiger partial charge < -0.3 is 24.7 Å². The van der Waals surface area contributed by atoms with E-state index in [1.165, 1.54) is 31.4 Å². The highest BCUT2D eigenvalue weighted by Gasteiger charge is 2.32. The Morgan fingerprint density at radius 2 is 1.85 bits per heavy atom. The van der Waals surface area contributed by atoms with E-state index in [0.29, 0.717) is 28.7 Å². The molecule has 0 aliphatic carbocycles. The van der Waals surface area contributed by atoms with Gasteiger partial charge in [0.2, 0.25) is 5.95 Å². The number of fused-ring (bicyclic) bond motifs is 1. The number of amides is 1. The molecule has 2 aromatic carbocycles. The summed E-state index contributed by atoms with van der Waals surface area (Å²) in [5.41, 5.74) is 2.02. The number of alkyl halides is 3. The molecule has 8 nitrogen and oxygen atoms in total. The number of rotatable bonds is 6. The molecule has 12 heteroatoms. The van der Waals surface area contributed by atoms with Gasteiger partial charge in [-0.1, -0.05) is 11.6 Å². The summed E-state index contributed by atoms with van der Waals surface area (Å²) in [5, 5.41) is 5.32. The maximum Gasteiger partial charge on any atom is 0.573 e. The fourth-order valence-electron chi connectivity index (χ4n) is 3.13. The van der Waals surface area contributed by atoms with E-state index in [0.717, 1.165) is 11.6 Å². The summed E-state index contributed by atoms with van der Waals surface area (Å²) in [6.07, 6.45) is -3.37. The Labute approximate surface area is 196 Å². The number of nitrogens with zero attached hydrogens (tertiary/aromatic N) is 3. The van der Waals surface area contributed by atoms with Crippen molar-refractivity contribution in [2.45, 2.75) is 6.36 Å². The number of halogens is 4. The number of carbonyl (C=O) groups is 1. The SMILES string of the molecule is CNC(=O)c1cc(Oc2ccc3c(c2)nc(Nc2ccc(OC(F)(F)F)c(Cl)c2)n3C)ccn1. The number of carbonyl (C=O) groups excluding carboxylic acids is 1. The molecule has 0 aliphatic heterocycles. The summed E-state index contributed by atoms with van der Waals surface area (Å²) in [6.45, 7) is 0. The molecule has 0 aliphatic rings. The first-order valence-electron chi connectivity index (χ1n) is 9.78. The van der Waals surface area contributed by atoms with E-state index in [-0.39, 0.29) is 16.6 Å². The van der Waals surface area contributed by atoms with Crippen LogP contribution in [0.1, 0.15) is 10.5 Å². The van der Waals surface area contributed by atoms with Gasteiger partial charge in [0, 0.05) is 38.1 Å². The molecule has 0 atom stereocenters. The molecule has 34 heavy (non-hydrogen) atoms. The van der Waals surface area contributed by atoms with Gasteiger partial charge >= 0.3 is 6.36 Å². The molecular formula is C22H17ClF3N5O3. The molecule has 0 spiro atoms. The summed E-state index contributed by atoms with van der Waals surface area (Å²) in [5.74, 6) is 0.515. The third-order valence-corrected chi connectivity index (χ3v) is 4.99. The zero-order valence-corrected chi connectivity index (χ0v) is 18.5. The van der Waals surface area contributed by atoms with Crippen molar-refractivity contribution >= 4 is 40.2 Å². The predicted octanol–water partition coefficient (Wildman–Crippen LogP) is 5.42. The van der Waals surface area contributed by atoms with E-state index in [1.807, 2.05) is 0 Å². The Kier molecular flexibility index (Phi) is 6.20. The first kappa shape index (κ1) is 23.2. The van der Waals surface area contributed by atoms with Crippen molar-refractivity contribution < 1.29 is 27.4 Å². The number of aryl methyl sites for hydroxylation is 1. The lowest BCUT2D eigenvalue weighted by molar-refractivity contribution is -0.274. The van der Waals surface area contributed by atoms with E-state index >= 15 is 0 Å². The number of benzene rings is 2. The second-order valence-electron chi connectivity index (χ2n) is 7.02. The number of anilines is 2. The van der Waals surface area contributed by atoms with Crippen molar-refractivity contribution in [1.82, 2.24) is 19.9 Å². The van der Waals surface area contributed by atoms with Gasteiger partial charge in [0.05, 0.1) is 16.1 Å². The van der Waals surface area contributed by atoms with Gasteiger partial charge in [-0.2, -0.15) is 0 Å². The molecule has 2 aromatic heterocycles. The minimum atomic E-state index is -4.84. The van der Waals surface area contributed by atoms with Gasteiger partial charge in [-0.05, 0) is 36.4 Å². The van der Waals surface area contributed by atoms with Crippen LogP contribution in [-0.2, 0) is 7.05 Å². The molecule has 2 N–H and O–H groups in total.